The van der Waals surface area contributed by atoms with E-state index in [-0.39, 0.29) is 6.61 Å². The van der Waals surface area contributed by atoms with Crippen molar-refractivity contribution in [3.63, 3.8) is 0 Å². The zero-order valence-electron chi connectivity index (χ0n) is 12.7. The monoisotopic (exact) mass is 299 g/mol. The maximum absolute atomic E-state index is 11.6. The van der Waals surface area contributed by atoms with E-state index in [0.717, 1.165) is 23.3 Å². The number of ether oxygens (including phenoxy) is 2. The maximum atomic E-state index is 11.6. The highest BCUT2D eigenvalue weighted by molar-refractivity contribution is 5.67. The Kier molecular flexibility index (Phi) is 6.30. The Balaban J connectivity index is 1.71. The second kappa shape index (κ2) is 8.72. The van der Waals surface area contributed by atoms with Crippen LogP contribution in [0.15, 0.2) is 54.6 Å². The number of hydrogen-bond acceptors (Lipinski definition) is 3. The molecule has 116 valence electrons. The Labute approximate surface area is 131 Å². The molecular weight excluding hydrogens is 278 g/mol. The van der Waals surface area contributed by atoms with Gasteiger partial charge in [-0.3, -0.25) is 0 Å². The molecule has 0 radical (unpaired) electrons. The molecule has 0 atom stereocenters. The summed E-state index contributed by atoms with van der Waals surface area (Å²) < 4.78 is 10.7. The first kappa shape index (κ1) is 15.9. The third kappa shape index (κ3) is 5.48. The molecule has 0 bridgehead atoms. The van der Waals surface area contributed by atoms with Gasteiger partial charge in [0.1, 0.15) is 12.4 Å². The van der Waals surface area contributed by atoms with Crippen molar-refractivity contribution < 1.29 is 14.3 Å². The van der Waals surface area contributed by atoms with Crippen molar-refractivity contribution in [1.29, 1.82) is 0 Å². The van der Waals surface area contributed by atoms with E-state index in [9.17, 15) is 4.79 Å². The minimum atomic E-state index is -0.421. The minimum absolute atomic E-state index is 0.245. The fraction of sp³-hybridized carbons (Fsp3) is 0.278. The van der Waals surface area contributed by atoms with Gasteiger partial charge in [0.2, 0.25) is 0 Å². The van der Waals surface area contributed by atoms with Gasteiger partial charge in [0.25, 0.3) is 0 Å². The number of carbonyl (C=O) groups is 1. The predicted octanol–water partition coefficient (Wildman–Crippen LogP) is 3.90. The molecule has 0 saturated carbocycles. The number of rotatable bonds is 7. The van der Waals surface area contributed by atoms with Gasteiger partial charge in [-0.05, 0) is 29.7 Å². The molecule has 2 aromatic carbocycles. The van der Waals surface area contributed by atoms with Crippen molar-refractivity contribution in [2.45, 2.75) is 26.5 Å². The van der Waals surface area contributed by atoms with Gasteiger partial charge in [-0.1, -0.05) is 49.4 Å². The smallest absolute Gasteiger partial charge is 0.407 e. The third-order valence-corrected chi connectivity index (χ3v) is 3.05. The van der Waals surface area contributed by atoms with Crippen LogP contribution in [0.3, 0.4) is 0 Å². The summed E-state index contributed by atoms with van der Waals surface area (Å²) in [6, 6.07) is 17.3. The van der Waals surface area contributed by atoms with Crippen LogP contribution in [-0.4, -0.2) is 12.7 Å². The van der Waals surface area contributed by atoms with Gasteiger partial charge in [-0.15, -0.1) is 0 Å². The second-order valence-corrected chi connectivity index (χ2v) is 4.91. The molecule has 0 saturated heterocycles. The Hall–Kier alpha value is -2.49. The zero-order valence-corrected chi connectivity index (χ0v) is 12.7. The maximum Gasteiger partial charge on any atom is 0.407 e. The summed E-state index contributed by atoms with van der Waals surface area (Å²) in [5.41, 5.74) is 1.97. The molecular formula is C18H21NO3. The van der Waals surface area contributed by atoms with Crippen molar-refractivity contribution in [2.75, 3.05) is 6.61 Å². The Morgan fingerprint density at radius 2 is 1.73 bits per heavy atom. The number of alkyl carbamates (subject to hydrolysis) is 1. The summed E-state index contributed by atoms with van der Waals surface area (Å²) in [6.45, 7) is 3.48. The molecule has 0 aliphatic carbocycles. The van der Waals surface area contributed by atoms with Crippen LogP contribution in [0.2, 0.25) is 0 Å². The average Bonchev–Trinajstić information content (AvgIpc) is 2.58. The summed E-state index contributed by atoms with van der Waals surface area (Å²) in [6.07, 6.45) is 0.557. The van der Waals surface area contributed by atoms with E-state index < -0.39 is 6.09 Å². The molecule has 0 heterocycles. The fourth-order valence-corrected chi connectivity index (χ4v) is 1.87. The lowest BCUT2D eigenvalue weighted by Crippen LogP contribution is -2.23. The largest absolute Gasteiger partial charge is 0.494 e. The molecule has 22 heavy (non-hydrogen) atoms. The molecule has 1 amide bonds. The van der Waals surface area contributed by atoms with Crippen LogP contribution in [-0.2, 0) is 17.9 Å². The van der Waals surface area contributed by atoms with Gasteiger partial charge in [0.15, 0.2) is 0 Å². The molecule has 0 aliphatic heterocycles. The minimum Gasteiger partial charge on any atom is -0.494 e. The van der Waals surface area contributed by atoms with Crippen molar-refractivity contribution >= 4 is 6.09 Å². The SMILES string of the molecule is CCCOc1ccc(COC(=O)NCc2ccccc2)cc1. The first-order valence-corrected chi connectivity index (χ1v) is 7.44. The van der Waals surface area contributed by atoms with Gasteiger partial charge in [-0.25, -0.2) is 4.79 Å². The lowest BCUT2D eigenvalue weighted by atomic mass is 10.2. The van der Waals surface area contributed by atoms with Gasteiger partial charge < -0.3 is 14.8 Å². The van der Waals surface area contributed by atoms with Crippen LogP contribution in [0.4, 0.5) is 4.79 Å². The number of hydrogen-bond donors (Lipinski definition) is 1. The lowest BCUT2D eigenvalue weighted by Gasteiger charge is -2.08. The predicted molar refractivity (Wildman–Crippen MR) is 85.7 cm³/mol. The highest BCUT2D eigenvalue weighted by atomic mass is 16.5. The van der Waals surface area contributed by atoms with Crippen molar-refractivity contribution in [3.05, 3.63) is 65.7 Å². The van der Waals surface area contributed by atoms with E-state index >= 15 is 0 Å². The summed E-state index contributed by atoms with van der Waals surface area (Å²) >= 11 is 0. The lowest BCUT2D eigenvalue weighted by molar-refractivity contribution is 0.139. The van der Waals surface area contributed by atoms with Crippen molar-refractivity contribution in [1.82, 2.24) is 5.32 Å². The van der Waals surface area contributed by atoms with Gasteiger partial charge in [0, 0.05) is 6.54 Å². The van der Waals surface area contributed by atoms with Crippen molar-refractivity contribution in [2.24, 2.45) is 0 Å². The number of benzene rings is 2. The quantitative estimate of drug-likeness (QED) is 0.843. The highest BCUT2D eigenvalue weighted by Gasteiger charge is 2.03. The normalized spacial score (nSPS) is 10.0. The van der Waals surface area contributed by atoms with Crippen molar-refractivity contribution in [3.8, 4) is 5.75 Å². The van der Waals surface area contributed by atoms with Crippen LogP contribution in [0.25, 0.3) is 0 Å². The molecule has 0 fully saturated rings. The first-order valence-electron chi connectivity index (χ1n) is 7.44. The standard InChI is InChI=1S/C18H21NO3/c1-2-12-21-17-10-8-16(9-11-17)14-22-18(20)19-13-15-6-4-3-5-7-15/h3-11H,2,12-14H2,1H3,(H,19,20). The summed E-state index contributed by atoms with van der Waals surface area (Å²) in [5.74, 6) is 0.833. The first-order chi connectivity index (χ1) is 10.8. The molecule has 0 spiro atoms. The van der Waals surface area contributed by atoms with Gasteiger partial charge >= 0.3 is 6.09 Å². The van der Waals surface area contributed by atoms with Crippen LogP contribution >= 0.6 is 0 Å². The molecule has 2 aromatic rings. The third-order valence-electron chi connectivity index (χ3n) is 3.05. The van der Waals surface area contributed by atoms with E-state index in [2.05, 4.69) is 12.2 Å². The average molecular weight is 299 g/mol. The Morgan fingerprint density at radius 1 is 1.00 bits per heavy atom. The molecule has 1 N–H and O–H groups in total. The fourth-order valence-electron chi connectivity index (χ4n) is 1.87. The van der Waals surface area contributed by atoms with E-state index in [1.54, 1.807) is 0 Å². The second-order valence-electron chi connectivity index (χ2n) is 4.91. The van der Waals surface area contributed by atoms with Crippen LogP contribution in [0.5, 0.6) is 5.75 Å². The molecule has 2 rings (SSSR count). The topological polar surface area (TPSA) is 47.6 Å². The number of amides is 1. The van der Waals surface area contributed by atoms with E-state index in [4.69, 9.17) is 9.47 Å². The zero-order chi connectivity index (χ0) is 15.6. The Bertz CT molecular complexity index is 567. The van der Waals surface area contributed by atoms with Gasteiger partial charge in [0.05, 0.1) is 6.61 Å². The molecule has 0 aromatic heterocycles. The van der Waals surface area contributed by atoms with Crippen LogP contribution in [0, 0.1) is 0 Å². The van der Waals surface area contributed by atoms with E-state index in [0.29, 0.717) is 13.2 Å². The molecule has 0 aliphatic rings. The Morgan fingerprint density at radius 3 is 2.41 bits per heavy atom. The van der Waals surface area contributed by atoms with E-state index in [1.807, 2.05) is 54.6 Å². The van der Waals surface area contributed by atoms with Crippen LogP contribution in [0.1, 0.15) is 24.5 Å². The molecule has 0 unspecified atom stereocenters. The number of carbonyl (C=O) groups excluding carboxylic acids is 1. The summed E-state index contributed by atoms with van der Waals surface area (Å²) in [7, 11) is 0. The summed E-state index contributed by atoms with van der Waals surface area (Å²) in [4.78, 5) is 11.6. The molecule has 4 nitrogen and oxygen atoms in total. The van der Waals surface area contributed by atoms with Crippen LogP contribution < -0.4 is 10.1 Å². The number of nitrogens with one attached hydrogen (secondary N) is 1. The van der Waals surface area contributed by atoms with Gasteiger partial charge in [-0.2, -0.15) is 0 Å². The van der Waals surface area contributed by atoms with E-state index in [1.165, 1.54) is 0 Å². The summed E-state index contributed by atoms with van der Waals surface area (Å²) in [5, 5.41) is 2.72. The highest BCUT2D eigenvalue weighted by Crippen LogP contribution is 2.13. The molecule has 4 heteroatoms.